The fourth-order valence-corrected chi connectivity index (χ4v) is 1.45. The van der Waals surface area contributed by atoms with E-state index in [0.29, 0.717) is 16.5 Å². The third-order valence-electron chi connectivity index (χ3n) is 1.87. The van der Waals surface area contributed by atoms with Crippen molar-refractivity contribution in [3.8, 4) is 5.75 Å². The van der Waals surface area contributed by atoms with Gasteiger partial charge in [-0.2, -0.15) is 0 Å². The Labute approximate surface area is 107 Å². The minimum Gasteiger partial charge on any atom is -0.435 e. The van der Waals surface area contributed by atoms with Gasteiger partial charge in [-0.25, -0.2) is 9.78 Å². The molecule has 0 aliphatic rings. The number of alkyl halides is 1. The number of halogens is 2. The Morgan fingerprint density at radius 1 is 1.47 bits per heavy atom. The molecule has 2 rings (SSSR count). The van der Waals surface area contributed by atoms with E-state index < -0.39 is 5.97 Å². The lowest BCUT2D eigenvalue weighted by molar-refractivity contribution is 0.0691. The normalized spacial score (nSPS) is 10.2. The van der Waals surface area contributed by atoms with Crippen LogP contribution in [0.2, 0.25) is 5.02 Å². The number of esters is 1. The largest absolute Gasteiger partial charge is 0.435 e. The van der Waals surface area contributed by atoms with E-state index in [-0.39, 0.29) is 11.8 Å². The first-order chi connectivity index (χ1) is 8.19. The molecular formula is C11H7Cl2NO3. The lowest BCUT2D eigenvalue weighted by Gasteiger charge is -2.01. The highest BCUT2D eigenvalue weighted by molar-refractivity contribution is 6.30. The second-order valence-corrected chi connectivity index (χ2v) is 3.82. The minimum absolute atomic E-state index is 0.138. The van der Waals surface area contributed by atoms with E-state index >= 15 is 0 Å². The highest BCUT2D eigenvalue weighted by Crippen LogP contribution is 2.18. The number of ether oxygens (including phenoxy) is 1. The van der Waals surface area contributed by atoms with Gasteiger partial charge in [0.15, 0.2) is 0 Å². The summed E-state index contributed by atoms with van der Waals surface area (Å²) in [6.07, 6.45) is 1.38. The van der Waals surface area contributed by atoms with Crippen LogP contribution in [0.25, 0.3) is 0 Å². The van der Waals surface area contributed by atoms with Gasteiger partial charge in [-0.1, -0.05) is 17.7 Å². The summed E-state index contributed by atoms with van der Waals surface area (Å²) in [6.45, 7) is 0. The van der Waals surface area contributed by atoms with E-state index in [1.807, 2.05) is 0 Å². The van der Waals surface area contributed by atoms with Crippen LogP contribution in [0, 0.1) is 0 Å². The van der Waals surface area contributed by atoms with E-state index in [0.717, 1.165) is 0 Å². The fraction of sp³-hybridized carbons (Fsp3) is 0.0909. The summed E-state index contributed by atoms with van der Waals surface area (Å²) in [5, 5.41) is 0.476. The first kappa shape index (κ1) is 12.0. The summed E-state index contributed by atoms with van der Waals surface area (Å²) < 4.78 is 10.1. The summed E-state index contributed by atoms with van der Waals surface area (Å²) in [6, 6.07) is 6.47. The Bertz CT molecular complexity index is 539. The summed E-state index contributed by atoms with van der Waals surface area (Å²) in [7, 11) is 0. The van der Waals surface area contributed by atoms with Crippen molar-refractivity contribution in [3.05, 3.63) is 47.1 Å². The predicted molar refractivity (Wildman–Crippen MR) is 62.5 cm³/mol. The zero-order valence-electron chi connectivity index (χ0n) is 8.52. The van der Waals surface area contributed by atoms with Crippen molar-refractivity contribution >= 4 is 29.2 Å². The number of hydrogen-bond donors (Lipinski definition) is 0. The number of carbonyl (C=O) groups excluding carboxylic acids is 1. The monoisotopic (exact) mass is 271 g/mol. The van der Waals surface area contributed by atoms with Crippen LogP contribution < -0.4 is 4.74 Å². The molecule has 6 heteroatoms. The first-order valence-electron chi connectivity index (χ1n) is 4.67. The van der Waals surface area contributed by atoms with Crippen molar-refractivity contribution in [2.75, 3.05) is 0 Å². The Balaban J connectivity index is 2.11. The second-order valence-electron chi connectivity index (χ2n) is 3.11. The molecule has 0 aliphatic heterocycles. The second kappa shape index (κ2) is 5.21. The van der Waals surface area contributed by atoms with Crippen molar-refractivity contribution in [2.24, 2.45) is 0 Å². The van der Waals surface area contributed by atoms with Crippen LogP contribution in [0.3, 0.4) is 0 Å². The van der Waals surface area contributed by atoms with E-state index in [4.69, 9.17) is 32.4 Å². The molecule has 4 nitrogen and oxygen atoms in total. The quantitative estimate of drug-likeness (QED) is 0.488. The van der Waals surface area contributed by atoms with E-state index in [1.54, 1.807) is 18.2 Å². The Hall–Kier alpha value is -1.52. The highest BCUT2D eigenvalue weighted by Gasteiger charge is 2.15. The number of hydrogen-bond acceptors (Lipinski definition) is 4. The number of nitrogens with zero attached hydrogens (tertiary/aromatic N) is 1. The summed E-state index contributed by atoms with van der Waals surface area (Å²) in [5.41, 5.74) is 0. The lowest BCUT2D eigenvalue weighted by Crippen LogP contribution is -2.08. The zero-order valence-corrected chi connectivity index (χ0v) is 10.0. The molecule has 0 spiro atoms. The minimum atomic E-state index is -0.691. The molecule has 0 radical (unpaired) electrons. The van der Waals surface area contributed by atoms with Crippen LogP contribution in [-0.4, -0.2) is 11.0 Å². The molecule has 1 aromatic carbocycles. The molecule has 17 heavy (non-hydrogen) atoms. The highest BCUT2D eigenvalue weighted by atomic mass is 35.5. The fourth-order valence-electron chi connectivity index (χ4n) is 1.14. The molecule has 0 amide bonds. The molecule has 1 aromatic heterocycles. The standard InChI is InChI=1S/C11H7Cl2NO3/c12-5-9-6-14-10(16-9)11(15)17-8-3-1-2-7(13)4-8/h1-4,6H,5H2. The van der Waals surface area contributed by atoms with Gasteiger partial charge in [0.25, 0.3) is 0 Å². The van der Waals surface area contributed by atoms with Crippen LogP contribution in [0.5, 0.6) is 5.75 Å². The van der Waals surface area contributed by atoms with Crippen molar-refractivity contribution < 1.29 is 13.9 Å². The Kier molecular flexibility index (Phi) is 3.66. The summed E-state index contributed by atoms with van der Waals surface area (Å²) in [4.78, 5) is 15.3. The maximum absolute atomic E-state index is 11.6. The number of aromatic nitrogens is 1. The first-order valence-corrected chi connectivity index (χ1v) is 5.58. The van der Waals surface area contributed by atoms with Gasteiger partial charge in [0, 0.05) is 5.02 Å². The molecule has 1 heterocycles. The zero-order chi connectivity index (χ0) is 12.3. The SMILES string of the molecule is O=C(Oc1cccc(Cl)c1)c1ncc(CCl)o1. The smallest absolute Gasteiger partial charge is 0.400 e. The van der Waals surface area contributed by atoms with E-state index in [2.05, 4.69) is 4.98 Å². The molecule has 0 bridgehead atoms. The van der Waals surface area contributed by atoms with Gasteiger partial charge in [-0.05, 0) is 18.2 Å². The van der Waals surface area contributed by atoms with Crippen molar-refractivity contribution in [1.82, 2.24) is 4.98 Å². The van der Waals surface area contributed by atoms with Gasteiger partial charge in [0.1, 0.15) is 11.5 Å². The molecule has 88 valence electrons. The molecule has 0 fully saturated rings. The molecule has 2 aromatic rings. The molecule has 0 saturated carbocycles. The van der Waals surface area contributed by atoms with Crippen molar-refractivity contribution in [3.63, 3.8) is 0 Å². The van der Waals surface area contributed by atoms with Crippen LogP contribution in [-0.2, 0) is 5.88 Å². The van der Waals surface area contributed by atoms with E-state index in [1.165, 1.54) is 12.3 Å². The number of rotatable bonds is 3. The van der Waals surface area contributed by atoms with Crippen LogP contribution in [0.15, 0.2) is 34.9 Å². The van der Waals surface area contributed by atoms with Gasteiger partial charge < -0.3 is 9.15 Å². The molecule has 0 N–H and O–H groups in total. The maximum Gasteiger partial charge on any atom is 0.400 e. The molecule has 0 aliphatic carbocycles. The predicted octanol–water partition coefficient (Wildman–Crippen LogP) is 3.29. The van der Waals surface area contributed by atoms with E-state index in [9.17, 15) is 4.79 Å². The Morgan fingerprint density at radius 2 is 2.29 bits per heavy atom. The topological polar surface area (TPSA) is 52.3 Å². The number of carbonyl (C=O) groups is 1. The van der Waals surface area contributed by atoms with Gasteiger partial charge in [0.05, 0.1) is 12.1 Å². The van der Waals surface area contributed by atoms with Crippen LogP contribution >= 0.6 is 23.2 Å². The third-order valence-corrected chi connectivity index (χ3v) is 2.37. The average molecular weight is 272 g/mol. The van der Waals surface area contributed by atoms with Crippen molar-refractivity contribution in [1.29, 1.82) is 0 Å². The average Bonchev–Trinajstić information content (AvgIpc) is 2.77. The van der Waals surface area contributed by atoms with Crippen LogP contribution in [0.1, 0.15) is 16.4 Å². The van der Waals surface area contributed by atoms with Gasteiger partial charge >= 0.3 is 11.9 Å². The number of benzene rings is 1. The lowest BCUT2D eigenvalue weighted by atomic mass is 10.3. The van der Waals surface area contributed by atoms with Gasteiger partial charge in [0.2, 0.25) is 0 Å². The van der Waals surface area contributed by atoms with Crippen LogP contribution in [0.4, 0.5) is 0 Å². The third kappa shape index (κ3) is 2.99. The molecule has 0 atom stereocenters. The summed E-state index contributed by atoms with van der Waals surface area (Å²) in [5.74, 6) is 0.0550. The van der Waals surface area contributed by atoms with Gasteiger partial charge in [-0.3, -0.25) is 0 Å². The molecular weight excluding hydrogens is 265 g/mol. The van der Waals surface area contributed by atoms with Gasteiger partial charge in [-0.15, -0.1) is 11.6 Å². The molecule has 0 saturated heterocycles. The van der Waals surface area contributed by atoms with Crippen molar-refractivity contribution in [2.45, 2.75) is 5.88 Å². The molecule has 0 unspecified atom stereocenters. The Morgan fingerprint density at radius 3 is 2.94 bits per heavy atom. The maximum atomic E-state index is 11.6. The summed E-state index contributed by atoms with van der Waals surface area (Å²) >= 11 is 11.3. The number of oxazole rings is 1.